The van der Waals surface area contributed by atoms with Crippen molar-refractivity contribution in [1.82, 2.24) is 14.9 Å². The van der Waals surface area contributed by atoms with Crippen molar-refractivity contribution in [2.24, 2.45) is 0 Å². The first kappa shape index (κ1) is 25.0. The summed E-state index contributed by atoms with van der Waals surface area (Å²) in [5.74, 6) is 0.962. The molecule has 0 unspecified atom stereocenters. The summed E-state index contributed by atoms with van der Waals surface area (Å²) in [6, 6.07) is 25.3. The Bertz CT molecular complexity index is 1230. The highest BCUT2D eigenvalue weighted by Gasteiger charge is 2.16. The summed E-state index contributed by atoms with van der Waals surface area (Å²) >= 11 is 0. The van der Waals surface area contributed by atoms with Crippen molar-refractivity contribution in [1.29, 1.82) is 0 Å². The number of imidazole rings is 1. The number of carbonyl (C=O) groups excluding carboxylic acids is 1. The molecule has 0 fully saturated rings. The zero-order chi connectivity index (χ0) is 25.8. The van der Waals surface area contributed by atoms with Crippen molar-refractivity contribution < 1.29 is 4.79 Å². The summed E-state index contributed by atoms with van der Waals surface area (Å²) in [5.41, 5.74) is 8.52. The summed E-state index contributed by atoms with van der Waals surface area (Å²) in [4.78, 5) is 26.4. The first-order chi connectivity index (χ1) is 17.2. The molecule has 36 heavy (non-hydrogen) atoms. The Labute approximate surface area is 214 Å². The average molecular weight is 482 g/mol. The van der Waals surface area contributed by atoms with Crippen LogP contribution in [0, 0.1) is 0 Å². The van der Waals surface area contributed by atoms with Crippen molar-refractivity contribution in [3.63, 3.8) is 0 Å². The molecule has 1 heterocycles. The first-order valence-corrected chi connectivity index (χ1v) is 12.2. The Hall–Kier alpha value is -4.06. The highest BCUT2D eigenvalue weighted by atomic mass is 16.2. The molecule has 6 nitrogen and oxygen atoms in total. The molecule has 1 amide bonds. The van der Waals surface area contributed by atoms with Gasteiger partial charge in [0.25, 0.3) is 0 Å². The molecular weight excluding hydrogens is 446 g/mol. The molecule has 1 N–H and O–H groups in total. The summed E-state index contributed by atoms with van der Waals surface area (Å²) in [5, 5.41) is 0. The zero-order valence-corrected chi connectivity index (χ0v) is 22.0. The van der Waals surface area contributed by atoms with Gasteiger partial charge in [-0.1, -0.05) is 48.5 Å². The van der Waals surface area contributed by atoms with Gasteiger partial charge in [0.1, 0.15) is 5.82 Å². The third-order valence-corrected chi connectivity index (χ3v) is 6.39. The number of aryl methyl sites for hydroxylation is 1. The van der Waals surface area contributed by atoms with Crippen LogP contribution in [0.2, 0.25) is 0 Å². The Morgan fingerprint density at radius 1 is 0.694 bits per heavy atom. The number of carbonyl (C=O) groups is 1. The molecule has 4 rings (SSSR count). The van der Waals surface area contributed by atoms with Crippen LogP contribution in [0.4, 0.5) is 11.4 Å². The van der Waals surface area contributed by atoms with Crippen molar-refractivity contribution in [2.45, 2.75) is 12.8 Å². The van der Waals surface area contributed by atoms with Crippen LogP contribution in [-0.4, -0.2) is 63.1 Å². The van der Waals surface area contributed by atoms with E-state index in [9.17, 15) is 4.79 Å². The quantitative estimate of drug-likeness (QED) is 0.358. The molecule has 0 spiro atoms. The molecule has 4 aromatic rings. The Morgan fingerprint density at radius 2 is 1.19 bits per heavy atom. The topological polar surface area (TPSA) is 55.5 Å². The molecular formula is C30H35N5O. The van der Waals surface area contributed by atoms with Gasteiger partial charge >= 0.3 is 0 Å². The fraction of sp³-hybridized carbons (Fsp3) is 0.267. The second-order valence-electron chi connectivity index (χ2n) is 9.68. The predicted molar refractivity (Wildman–Crippen MR) is 151 cm³/mol. The molecule has 6 heteroatoms. The van der Waals surface area contributed by atoms with Crippen LogP contribution < -0.4 is 9.80 Å². The van der Waals surface area contributed by atoms with Crippen LogP contribution in [0.1, 0.15) is 12.0 Å². The fourth-order valence-corrected chi connectivity index (χ4v) is 4.08. The van der Waals surface area contributed by atoms with Gasteiger partial charge < -0.3 is 19.7 Å². The number of hydrogen-bond donors (Lipinski definition) is 1. The monoisotopic (exact) mass is 481 g/mol. The van der Waals surface area contributed by atoms with Gasteiger partial charge in [-0.3, -0.25) is 4.79 Å². The Balaban J connectivity index is 1.69. The maximum atomic E-state index is 11.9. The van der Waals surface area contributed by atoms with Gasteiger partial charge in [-0.05, 0) is 36.2 Å². The number of amides is 1. The molecule has 0 aliphatic rings. The van der Waals surface area contributed by atoms with E-state index in [2.05, 4.69) is 87.6 Å². The number of hydrogen-bond acceptors (Lipinski definition) is 4. The molecule has 0 radical (unpaired) electrons. The molecule has 1 aromatic heterocycles. The minimum atomic E-state index is 0.139. The SMILES string of the molecule is CN(C)C(=O)CCc1ccc(-c2nc(-c3ccc(N(C)C)cc3)c(-c3ccc(N(C)C)cc3)[nH]2)cc1. The van der Waals surface area contributed by atoms with E-state index in [1.807, 2.05) is 28.2 Å². The van der Waals surface area contributed by atoms with Gasteiger partial charge in [0.15, 0.2) is 0 Å². The van der Waals surface area contributed by atoms with Gasteiger partial charge in [-0.2, -0.15) is 0 Å². The third-order valence-electron chi connectivity index (χ3n) is 6.39. The van der Waals surface area contributed by atoms with Crippen molar-refractivity contribution in [3.05, 3.63) is 78.4 Å². The van der Waals surface area contributed by atoms with Crippen LogP contribution in [0.3, 0.4) is 0 Å². The van der Waals surface area contributed by atoms with E-state index in [0.29, 0.717) is 6.42 Å². The fourth-order valence-electron chi connectivity index (χ4n) is 4.08. The average Bonchev–Trinajstić information content (AvgIpc) is 3.33. The van der Waals surface area contributed by atoms with E-state index in [1.54, 1.807) is 19.0 Å². The first-order valence-electron chi connectivity index (χ1n) is 12.2. The van der Waals surface area contributed by atoms with E-state index in [0.717, 1.165) is 57.3 Å². The maximum Gasteiger partial charge on any atom is 0.222 e. The van der Waals surface area contributed by atoms with E-state index in [1.165, 1.54) is 0 Å². The third kappa shape index (κ3) is 5.60. The minimum Gasteiger partial charge on any atom is -0.378 e. The lowest BCUT2D eigenvalue weighted by Crippen LogP contribution is -2.21. The van der Waals surface area contributed by atoms with Gasteiger partial charge in [-0.25, -0.2) is 4.98 Å². The number of nitrogens with one attached hydrogen (secondary N) is 1. The van der Waals surface area contributed by atoms with E-state index in [4.69, 9.17) is 4.98 Å². The number of aromatic nitrogens is 2. The summed E-state index contributed by atoms with van der Waals surface area (Å²) in [6.07, 6.45) is 1.23. The van der Waals surface area contributed by atoms with Crippen LogP contribution in [0.15, 0.2) is 72.8 Å². The van der Waals surface area contributed by atoms with Gasteiger partial charge in [0, 0.05) is 76.8 Å². The number of H-pyrrole nitrogens is 1. The predicted octanol–water partition coefficient (Wildman–Crippen LogP) is 5.56. The normalized spacial score (nSPS) is 10.8. The van der Waals surface area contributed by atoms with Gasteiger partial charge in [0.2, 0.25) is 5.91 Å². The molecule has 3 aromatic carbocycles. The van der Waals surface area contributed by atoms with Crippen LogP contribution in [0.5, 0.6) is 0 Å². The number of anilines is 2. The molecule has 186 valence electrons. The van der Waals surface area contributed by atoms with Gasteiger partial charge in [0.05, 0.1) is 11.4 Å². The number of benzene rings is 3. The molecule has 0 saturated carbocycles. The number of aromatic amines is 1. The van der Waals surface area contributed by atoms with Gasteiger partial charge in [-0.15, -0.1) is 0 Å². The molecule has 0 atom stereocenters. The smallest absolute Gasteiger partial charge is 0.222 e. The number of nitrogens with zero attached hydrogens (tertiary/aromatic N) is 4. The van der Waals surface area contributed by atoms with Crippen LogP contribution in [0.25, 0.3) is 33.9 Å². The second kappa shape index (κ2) is 10.7. The summed E-state index contributed by atoms with van der Waals surface area (Å²) < 4.78 is 0. The Kier molecular flexibility index (Phi) is 7.44. The molecule has 0 bridgehead atoms. The van der Waals surface area contributed by atoms with Crippen molar-refractivity contribution in [3.8, 4) is 33.9 Å². The van der Waals surface area contributed by atoms with E-state index >= 15 is 0 Å². The largest absolute Gasteiger partial charge is 0.378 e. The van der Waals surface area contributed by atoms with Crippen molar-refractivity contribution in [2.75, 3.05) is 52.1 Å². The standard InChI is InChI=1S/C30H35N5O/c1-33(2)25-16-12-22(13-17-25)28-29(23-14-18-26(19-15-23)34(3)4)32-30(31-28)24-10-7-21(8-11-24)9-20-27(36)35(5)6/h7-8,10-19H,9,20H2,1-6H3,(H,31,32). The molecule has 0 aliphatic carbocycles. The number of rotatable bonds is 8. The summed E-state index contributed by atoms with van der Waals surface area (Å²) in [7, 11) is 11.8. The van der Waals surface area contributed by atoms with Crippen LogP contribution in [-0.2, 0) is 11.2 Å². The minimum absolute atomic E-state index is 0.139. The van der Waals surface area contributed by atoms with E-state index in [-0.39, 0.29) is 5.91 Å². The second-order valence-corrected chi connectivity index (χ2v) is 9.68. The maximum absolute atomic E-state index is 11.9. The van der Waals surface area contributed by atoms with E-state index < -0.39 is 0 Å². The lowest BCUT2D eigenvalue weighted by Gasteiger charge is -2.13. The summed E-state index contributed by atoms with van der Waals surface area (Å²) in [6.45, 7) is 0. The van der Waals surface area contributed by atoms with Crippen molar-refractivity contribution >= 4 is 17.3 Å². The molecule has 0 aliphatic heterocycles. The molecule has 0 saturated heterocycles. The lowest BCUT2D eigenvalue weighted by atomic mass is 10.0. The lowest BCUT2D eigenvalue weighted by molar-refractivity contribution is -0.128. The Morgan fingerprint density at radius 3 is 1.69 bits per heavy atom. The highest BCUT2D eigenvalue weighted by molar-refractivity contribution is 5.82. The van der Waals surface area contributed by atoms with Crippen LogP contribution >= 0.6 is 0 Å². The zero-order valence-electron chi connectivity index (χ0n) is 22.0. The highest BCUT2D eigenvalue weighted by Crippen LogP contribution is 2.34.